The Morgan fingerprint density at radius 2 is 1.96 bits per heavy atom. The smallest absolute Gasteiger partial charge is 0.206 e. The third-order valence-electron chi connectivity index (χ3n) is 2.53. The zero-order valence-corrected chi connectivity index (χ0v) is 12.6. The standard InChI is InChI=1S/C17H10ClF4N/c1-12(4-2-5-13(10-11-23)17(20,21)22)8-9-14-15(18)6-3-7-16(14)19/h3-4,6-10H,1H3/b9-8+,12-4+,13-10+. The third-order valence-corrected chi connectivity index (χ3v) is 2.86. The Morgan fingerprint density at radius 3 is 2.52 bits per heavy atom. The number of hydrogen-bond donors (Lipinski definition) is 0. The molecule has 0 bridgehead atoms. The molecule has 0 heterocycles. The van der Waals surface area contributed by atoms with Gasteiger partial charge in [-0.1, -0.05) is 41.7 Å². The van der Waals surface area contributed by atoms with Crippen LogP contribution < -0.4 is 0 Å². The van der Waals surface area contributed by atoms with Crippen molar-refractivity contribution in [2.45, 2.75) is 13.1 Å². The molecule has 0 aliphatic rings. The van der Waals surface area contributed by atoms with Crippen LogP contribution in [0.15, 0.2) is 47.6 Å². The molecule has 1 aromatic rings. The summed E-state index contributed by atoms with van der Waals surface area (Å²) in [5, 5.41) is 8.52. The van der Waals surface area contributed by atoms with E-state index in [1.807, 2.05) is 5.92 Å². The van der Waals surface area contributed by atoms with Gasteiger partial charge in [0, 0.05) is 11.6 Å². The number of benzene rings is 1. The van der Waals surface area contributed by atoms with Gasteiger partial charge < -0.3 is 0 Å². The highest BCUT2D eigenvalue weighted by Crippen LogP contribution is 2.24. The highest BCUT2D eigenvalue weighted by atomic mass is 35.5. The summed E-state index contributed by atoms with van der Waals surface area (Å²) in [4.78, 5) is 0. The number of nitriles is 1. The fourth-order valence-corrected chi connectivity index (χ4v) is 1.64. The molecule has 0 unspecified atom stereocenters. The molecule has 118 valence electrons. The molecule has 0 fully saturated rings. The van der Waals surface area contributed by atoms with Crippen LogP contribution in [0, 0.1) is 29.0 Å². The first-order valence-corrected chi connectivity index (χ1v) is 6.61. The second-order valence-electron chi connectivity index (χ2n) is 4.31. The minimum Gasteiger partial charge on any atom is -0.206 e. The summed E-state index contributed by atoms with van der Waals surface area (Å²) >= 11 is 5.84. The van der Waals surface area contributed by atoms with Crippen molar-refractivity contribution >= 4 is 17.7 Å². The molecule has 0 aliphatic heterocycles. The van der Waals surface area contributed by atoms with Gasteiger partial charge in [-0.15, -0.1) is 0 Å². The fourth-order valence-electron chi connectivity index (χ4n) is 1.41. The molecular weight excluding hydrogens is 330 g/mol. The van der Waals surface area contributed by atoms with Crippen molar-refractivity contribution in [3.05, 3.63) is 64.0 Å². The van der Waals surface area contributed by atoms with Crippen molar-refractivity contribution < 1.29 is 17.6 Å². The number of rotatable bonds is 2. The van der Waals surface area contributed by atoms with Crippen LogP contribution in [0.4, 0.5) is 17.6 Å². The van der Waals surface area contributed by atoms with E-state index in [1.54, 1.807) is 6.92 Å². The van der Waals surface area contributed by atoms with E-state index in [1.165, 1.54) is 42.5 Å². The summed E-state index contributed by atoms with van der Waals surface area (Å²) in [6, 6.07) is 5.52. The maximum absolute atomic E-state index is 13.5. The first-order chi connectivity index (χ1) is 10.8. The summed E-state index contributed by atoms with van der Waals surface area (Å²) in [5.74, 6) is 3.57. The molecule has 0 spiro atoms. The van der Waals surface area contributed by atoms with E-state index < -0.39 is 17.6 Å². The second-order valence-corrected chi connectivity index (χ2v) is 4.72. The van der Waals surface area contributed by atoms with E-state index >= 15 is 0 Å². The number of hydrogen-bond acceptors (Lipinski definition) is 1. The average Bonchev–Trinajstić information content (AvgIpc) is 2.45. The van der Waals surface area contributed by atoms with Crippen LogP contribution in [0.3, 0.4) is 0 Å². The Hall–Kier alpha value is -2.50. The Labute approximate surface area is 136 Å². The predicted molar refractivity (Wildman–Crippen MR) is 81.7 cm³/mol. The van der Waals surface area contributed by atoms with Gasteiger partial charge in [0.1, 0.15) is 11.4 Å². The van der Waals surface area contributed by atoms with Gasteiger partial charge in [0.2, 0.25) is 0 Å². The van der Waals surface area contributed by atoms with Gasteiger partial charge in [-0.2, -0.15) is 18.4 Å². The molecule has 1 nitrogen and oxygen atoms in total. The lowest BCUT2D eigenvalue weighted by molar-refractivity contribution is -0.0871. The van der Waals surface area contributed by atoms with Gasteiger partial charge in [-0.3, -0.25) is 0 Å². The lowest BCUT2D eigenvalue weighted by atomic mass is 10.1. The molecule has 6 heteroatoms. The van der Waals surface area contributed by atoms with Gasteiger partial charge in [-0.25, -0.2) is 4.39 Å². The quantitative estimate of drug-likeness (QED) is 0.304. The van der Waals surface area contributed by atoms with Gasteiger partial charge >= 0.3 is 6.18 Å². The summed E-state index contributed by atoms with van der Waals surface area (Å²) < 4.78 is 51.0. The van der Waals surface area contributed by atoms with Crippen LogP contribution in [-0.2, 0) is 0 Å². The van der Waals surface area contributed by atoms with E-state index in [4.69, 9.17) is 16.9 Å². The molecular formula is C17H10ClF4N. The van der Waals surface area contributed by atoms with E-state index in [0.717, 1.165) is 0 Å². The number of halogens is 5. The molecule has 0 atom stereocenters. The minimum atomic E-state index is -4.68. The first kappa shape index (κ1) is 18.5. The number of allylic oxidation sites excluding steroid dienone is 5. The molecule has 0 radical (unpaired) electrons. The Bertz CT molecular complexity index is 748. The normalized spacial score (nSPS) is 12.7. The molecule has 0 amide bonds. The molecule has 0 aromatic heterocycles. The Balaban J connectivity index is 2.96. The van der Waals surface area contributed by atoms with Crippen LogP contribution in [0.5, 0.6) is 0 Å². The van der Waals surface area contributed by atoms with Crippen LogP contribution in [0.2, 0.25) is 5.02 Å². The lowest BCUT2D eigenvalue weighted by Crippen LogP contribution is -2.09. The summed E-state index contributed by atoms with van der Waals surface area (Å²) in [5.41, 5.74) is -0.560. The topological polar surface area (TPSA) is 23.8 Å². The monoisotopic (exact) mass is 339 g/mol. The van der Waals surface area contributed by atoms with Crippen molar-refractivity contribution in [3.8, 4) is 17.9 Å². The van der Waals surface area contributed by atoms with Crippen molar-refractivity contribution in [2.75, 3.05) is 0 Å². The molecule has 0 saturated carbocycles. The molecule has 23 heavy (non-hydrogen) atoms. The van der Waals surface area contributed by atoms with Crippen LogP contribution in [0.25, 0.3) is 6.08 Å². The van der Waals surface area contributed by atoms with Gasteiger partial charge in [0.15, 0.2) is 0 Å². The molecule has 0 N–H and O–H groups in total. The Morgan fingerprint density at radius 1 is 1.26 bits per heavy atom. The summed E-state index contributed by atoms with van der Waals surface area (Å²) in [6.45, 7) is 1.58. The summed E-state index contributed by atoms with van der Waals surface area (Å²) in [6.07, 6.45) is -0.241. The maximum Gasteiger partial charge on any atom is 0.424 e. The molecule has 1 aromatic carbocycles. The molecule has 0 saturated heterocycles. The predicted octanol–water partition coefficient (Wildman–Crippen LogP) is 5.45. The van der Waals surface area contributed by atoms with E-state index in [-0.39, 0.29) is 10.6 Å². The average molecular weight is 340 g/mol. The fraction of sp³-hybridized carbons (Fsp3) is 0.118. The summed E-state index contributed by atoms with van der Waals surface area (Å²) in [7, 11) is 0. The zero-order chi connectivity index (χ0) is 17.5. The Kier molecular flexibility index (Phi) is 6.63. The molecule has 0 aliphatic carbocycles. The lowest BCUT2D eigenvalue weighted by Gasteiger charge is -2.02. The zero-order valence-electron chi connectivity index (χ0n) is 11.9. The molecule has 1 rings (SSSR count). The SMILES string of the molecule is CC(/C=C/c1c(F)cccc1Cl)=C\C#C/C(=C\C#N)C(F)(F)F. The largest absolute Gasteiger partial charge is 0.424 e. The van der Waals surface area contributed by atoms with E-state index in [0.29, 0.717) is 11.6 Å². The second kappa shape index (κ2) is 8.22. The van der Waals surface area contributed by atoms with Crippen LogP contribution in [-0.4, -0.2) is 6.18 Å². The highest BCUT2D eigenvalue weighted by Gasteiger charge is 2.32. The van der Waals surface area contributed by atoms with E-state index in [9.17, 15) is 17.6 Å². The maximum atomic E-state index is 13.5. The van der Waals surface area contributed by atoms with E-state index in [2.05, 4.69) is 5.92 Å². The van der Waals surface area contributed by atoms with Gasteiger partial charge in [0.05, 0.1) is 11.1 Å². The van der Waals surface area contributed by atoms with Gasteiger partial charge in [0.25, 0.3) is 0 Å². The van der Waals surface area contributed by atoms with Crippen molar-refractivity contribution in [2.24, 2.45) is 0 Å². The van der Waals surface area contributed by atoms with Crippen molar-refractivity contribution in [1.82, 2.24) is 0 Å². The van der Waals surface area contributed by atoms with Crippen molar-refractivity contribution in [3.63, 3.8) is 0 Å². The van der Waals surface area contributed by atoms with Crippen molar-refractivity contribution in [1.29, 1.82) is 5.26 Å². The van der Waals surface area contributed by atoms with Gasteiger partial charge in [-0.05, 0) is 30.7 Å². The number of alkyl halides is 3. The minimum absolute atomic E-state index is 0.176. The highest BCUT2D eigenvalue weighted by molar-refractivity contribution is 6.32. The van der Waals surface area contributed by atoms with Crippen LogP contribution in [0.1, 0.15) is 12.5 Å². The third kappa shape index (κ3) is 6.02. The first-order valence-electron chi connectivity index (χ1n) is 6.23. The number of nitrogens with zero attached hydrogens (tertiary/aromatic N) is 1. The van der Waals surface area contributed by atoms with Crippen LogP contribution >= 0.6 is 11.6 Å².